The Kier molecular flexibility index (Phi) is 4.69. The normalized spacial score (nSPS) is 10.2. The summed E-state index contributed by atoms with van der Waals surface area (Å²) in [4.78, 5) is 6.11. The van der Waals surface area contributed by atoms with Gasteiger partial charge in [-0.3, -0.25) is 4.98 Å². The minimum atomic E-state index is 0.706. The van der Waals surface area contributed by atoms with Gasteiger partial charge in [0.25, 0.3) is 0 Å². The van der Waals surface area contributed by atoms with Crippen molar-refractivity contribution < 1.29 is 0 Å². The average molecular weight is 285 g/mol. The maximum atomic E-state index is 5.43. The molecule has 2 aromatic rings. The first kappa shape index (κ1) is 14.5. The molecule has 3 nitrogen and oxygen atoms in total. The van der Waals surface area contributed by atoms with Gasteiger partial charge in [-0.2, -0.15) is 0 Å². The minimum absolute atomic E-state index is 0.706. The summed E-state index contributed by atoms with van der Waals surface area (Å²) in [5.74, 6) is 0. The molecule has 0 radical (unpaired) electrons. The van der Waals surface area contributed by atoms with E-state index in [1.54, 1.807) is 6.20 Å². The molecule has 0 saturated heterocycles. The zero-order chi connectivity index (χ0) is 14.5. The summed E-state index contributed by atoms with van der Waals surface area (Å²) in [6.07, 6.45) is 3.63. The second-order valence-corrected chi connectivity index (χ2v) is 5.33. The summed E-state index contributed by atoms with van der Waals surface area (Å²) in [6.45, 7) is 4.94. The predicted molar refractivity (Wildman–Crippen MR) is 87.8 cm³/mol. The molecule has 20 heavy (non-hydrogen) atoms. The van der Waals surface area contributed by atoms with Crippen LogP contribution in [0, 0.1) is 13.8 Å². The van der Waals surface area contributed by atoms with Crippen molar-refractivity contribution in [1.82, 2.24) is 9.88 Å². The minimum Gasteiger partial charge on any atom is -0.348 e. The van der Waals surface area contributed by atoms with E-state index in [4.69, 9.17) is 12.2 Å². The van der Waals surface area contributed by atoms with Crippen LogP contribution in [0.25, 0.3) is 0 Å². The number of pyridine rings is 1. The van der Waals surface area contributed by atoms with Crippen molar-refractivity contribution in [2.75, 3.05) is 12.4 Å². The highest BCUT2D eigenvalue weighted by atomic mass is 32.1. The van der Waals surface area contributed by atoms with E-state index in [2.05, 4.69) is 36.3 Å². The Morgan fingerprint density at radius 3 is 2.70 bits per heavy atom. The molecular weight excluding hydrogens is 266 g/mol. The van der Waals surface area contributed by atoms with E-state index in [9.17, 15) is 0 Å². The summed E-state index contributed by atoms with van der Waals surface area (Å²) in [6, 6.07) is 10.2. The van der Waals surface area contributed by atoms with Gasteiger partial charge in [0.05, 0.1) is 0 Å². The summed E-state index contributed by atoms with van der Waals surface area (Å²) in [5, 5.41) is 3.97. The summed E-state index contributed by atoms with van der Waals surface area (Å²) in [7, 11) is 1.98. The van der Waals surface area contributed by atoms with E-state index >= 15 is 0 Å². The smallest absolute Gasteiger partial charge is 0.173 e. The van der Waals surface area contributed by atoms with Crippen LogP contribution in [0.1, 0.15) is 16.7 Å². The largest absolute Gasteiger partial charge is 0.348 e. The second kappa shape index (κ2) is 6.48. The lowest BCUT2D eigenvalue weighted by molar-refractivity contribution is 0.507. The van der Waals surface area contributed by atoms with Gasteiger partial charge in [0.1, 0.15) is 0 Å². The molecule has 2 rings (SSSR count). The van der Waals surface area contributed by atoms with E-state index in [0.29, 0.717) is 5.11 Å². The van der Waals surface area contributed by atoms with Gasteiger partial charge in [0.2, 0.25) is 0 Å². The Balaban J connectivity index is 1.99. The number of nitrogens with one attached hydrogen (secondary N) is 1. The molecule has 104 valence electrons. The highest BCUT2D eigenvalue weighted by Gasteiger charge is 2.06. The molecule has 0 fully saturated rings. The van der Waals surface area contributed by atoms with Crippen LogP contribution in [0.2, 0.25) is 0 Å². The van der Waals surface area contributed by atoms with Gasteiger partial charge in [-0.05, 0) is 61.0 Å². The van der Waals surface area contributed by atoms with Crippen molar-refractivity contribution in [2.45, 2.75) is 20.4 Å². The Labute approximate surface area is 125 Å². The zero-order valence-corrected chi connectivity index (χ0v) is 12.9. The van der Waals surface area contributed by atoms with E-state index in [-0.39, 0.29) is 0 Å². The lowest BCUT2D eigenvalue weighted by atomic mass is 10.1. The second-order valence-electron chi connectivity index (χ2n) is 4.95. The quantitative estimate of drug-likeness (QED) is 0.873. The third-order valence-electron chi connectivity index (χ3n) is 3.25. The van der Waals surface area contributed by atoms with Crippen molar-refractivity contribution >= 4 is 23.0 Å². The van der Waals surface area contributed by atoms with Crippen LogP contribution in [-0.4, -0.2) is 22.0 Å². The van der Waals surface area contributed by atoms with Crippen LogP contribution >= 0.6 is 12.2 Å². The molecule has 1 heterocycles. The van der Waals surface area contributed by atoms with Crippen LogP contribution < -0.4 is 5.32 Å². The highest BCUT2D eigenvalue weighted by molar-refractivity contribution is 7.80. The molecule has 0 aliphatic rings. The molecule has 0 aliphatic carbocycles. The van der Waals surface area contributed by atoms with Gasteiger partial charge < -0.3 is 10.2 Å². The number of nitrogens with zero attached hydrogens (tertiary/aromatic N) is 2. The number of aromatic nitrogens is 1. The number of thiocarbonyl (C=S) groups is 1. The molecule has 0 saturated carbocycles. The van der Waals surface area contributed by atoms with Gasteiger partial charge in [0.15, 0.2) is 5.11 Å². The molecule has 0 spiro atoms. The Hall–Kier alpha value is -1.94. The monoisotopic (exact) mass is 285 g/mol. The molecule has 0 unspecified atom stereocenters. The number of benzene rings is 1. The lowest BCUT2D eigenvalue weighted by Gasteiger charge is -2.21. The maximum Gasteiger partial charge on any atom is 0.173 e. The zero-order valence-electron chi connectivity index (χ0n) is 12.1. The van der Waals surface area contributed by atoms with Gasteiger partial charge in [-0.1, -0.05) is 12.1 Å². The first-order valence-electron chi connectivity index (χ1n) is 6.54. The first-order chi connectivity index (χ1) is 9.56. The third-order valence-corrected chi connectivity index (χ3v) is 3.66. The fourth-order valence-electron chi connectivity index (χ4n) is 1.88. The SMILES string of the molecule is Cc1ccc(NC(=S)N(C)Cc2cccnc2)cc1C. The molecule has 1 N–H and O–H groups in total. The van der Waals surface area contributed by atoms with Crippen molar-refractivity contribution in [3.05, 3.63) is 59.4 Å². The molecule has 0 amide bonds. The summed E-state index contributed by atoms with van der Waals surface area (Å²) >= 11 is 5.43. The van der Waals surface area contributed by atoms with Gasteiger partial charge in [-0.15, -0.1) is 0 Å². The molecule has 1 aromatic heterocycles. The molecule has 0 bridgehead atoms. The van der Waals surface area contributed by atoms with Crippen LogP contribution in [0.4, 0.5) is 5.69 Å². The molecule has 1 aromatic carbocycles. The number of aryl methyl sites for hydroxylation is 2. The number of rotatable bonds is 3. The topological polar surface area (TPSA) is 28.2 Å². The number of anilines is 1. The Morgan fingerprint density at radius 2 is 2.05 bits per heavy atom. The predicted octanol–water partition coefficient (Wildman–Crippen LogP) is 3.53. The molecule has 0 atom stereocenters. The third kappa shape index (κ3) is 3.78. The van der Waals surface area contributed by atoms with Crippen LogP contribution in [0.5, 0.6) is 0 Å². The number of hydrogen-bond acceptors (Lipinski definition) is 2. The van der Waals surface area contributed by atoms with E-state index < -0.39 is 0 Å². The first-order valence-corrected chi connectivity index (χ1v) is 6.95. The standard InChI is InChI=1S/C16H19N3S/c1-12-6-7-15(9-13(12)2)18-16(20)19(3)11-14-5-4-8-17-10-14/h4-10H,11H2,1-3H3,(H,18,20). The van der Waals surface area contributed by atoms with Crippen molar-refractivity contribution in [2.24, 2.45) is 0 Å². The van der Waals surface area contributed by atoms with Crippen LogP contribution in [0.3, 0.4) is 0 Å². The van der Waals surface area contributed by atoms with Gasteiger partial charge in [-0.25, -0.2) is 0 Å². The molecule has 0 aliphatic heterocycles. The van der Waals surface area contributed by atoms with Crippen LogP contribution in [0.15, 0.2) is 42.7 Å². The summed E-state index contributed by atoms with van der Waals surface area (Å²) < 4.78 is 0. The lowest BCUT2D eigenvalue weighted by Crippen LogP contribution is -2.30. The van der Waals surface area contributed by atoms with E-state index in [1.165, 1.54) is 11.1 Å². The average Bonchev–Trinajstić information content (AvgIpc) is 2.44. The van der Waals surface area contributed by atoms with E-state index in [0.717, 1.165) is 17.8 Å². The molecular formula is C16H19N3S. The fraction of sp³-hybridized carbons (Fsp3) is 0.250. The van der Waals surface area contributed by atoms with Gasteiger partial charge in [0, 0.05) is 31.7 Å². The Bertz CT molecular complexity index is 596. The van der Waals surface area contributed by atoms with Crippen LogP contribution in [-0.2, 0) is 6.54 Å². The maximum absolute atomic E-state index is 5.43. The van der Waals surface area contributed by atoms with Crippen molar-refractivity contribution in [3.63, 3.8) is 0 Å². The van der Waals surface area contributed by atoms with Gasteiger partial charge >= 0.3 is 0 Å². The van der Waals surface area contributed by atoms with Crippen molar-refractivity contribution in [1.29, 1.82) is 0 Å². The highest BCUT2D eigenvalue weighted by Crippen LogP contribution is 2.15. The number of hydrogen-bond donors (Lipinski definition) is 1. The summed E-state index contributed by atoms with van der Waals surface area (Å²) in [5.41, 5.74) is 4.70. The Morgan fingerprint density at radius 1 is 1.25 bits per heavy atom. The van der Waals surface area contributed by atoms with E-state index in [1.807, 2.05) is 36.3 Å². The fourth-order valence-corrected chi connectivity index (χ4v) is 2.06. The van der Waals surface area contributed by atoms with Crippen molar-refractivity contribution in [3.8, 4) is 0 Å². The molecule has 4 heteroatoms.